The smallest absolute Gasteiger partial charge is 0.260 e. The fourth-order valence-electron chi connectivity index (χ4n) is 6.64. The normalized spacial score (nSPS) is 13.4. The van der Waals surface area contributed by atoms with Gasteiger partial charge in [-0.25, -0.2) is 0 Å². The zero-order valence-corrected chi connectivity index (χ0v) is 22.9. The molecule has 3 aliphatic heterocycles. The highest BCUT2D eigenvalue weighted by molar-refractivity contribution is 6.98. The van der Waals surface area contributed by atoms with Gasteiger partial charge in [-0.05, 0) is 95.2 Å². The van der Waals surface area contributed by atoms with Crippen molar-refractivity contribution in [3.8, 4) is 45.6 Å². The molecule has 0 saturated heterocycles. The Hall–Kier alpha value is -5.42. The molecule has 42 heavy (non-hydrogen) atoms. The van der Waals surface area contributed by atoms with Crippen LogP contribution in [0.3, 0.4) is 0 Å². The van der Waals surface area contributed by atoms with Gasteiger partial charge in [0.2, 0.25) is 0 Å². The summed E-state index contributed by atoms with van der Waals surface area (Å²) in [5.74, 6) is 5.17. The molecule has 6 aromatic carbocycles. The van der Waals surface area contributed by atoms with Gasteiger partial charge in [0.05, 0.1) is 11.4 Å². The van der Waals surface area contributed by atoms with Crippen molar-refractivity contribution >= 4 is 40.2 Å². The monoisotopic (exact) mass is 541 g/mol. The maximum Gasteiger partial charge on any atom is 0.260 e. The summed E-state index contributed by atoms with van der Waals surface area (Å²) in [6.07, 6.45) is 0. The average molecular weight is 541 g/mol. The molecular weight excluding hydrogens is 517 g/mol. The standard InChI is InChI=1S/C37H24BNO3/c1-23-20-25(39-29-12-4-8-16-33(29)42-34-17-9-5-13-30(34)39)18-19-26(23)24-21-35-37-36(22-24)41-32-15-7-3-11-28(32)38(37)27-10-2-6-14-31(27)40-35/h2-22H,1H3. The van der Waals surface area contributed by atoms with E-state index in [2.05, 4.69) is 90.7 Å². The minimum absolute atomic E-state index is 0.0730. The number of benzene rings is 6. The Kier molecular flexibility index (Phi) is 4.88. The second-order valence-corrected chi connectivity index (χ2v) is 11.0. The van der Waals surface area contributed by atoms with Gasteiger partial charge >= 0.3 is 0 Å². The predicted molar refractivity (Wildman–Crippen MR) is 169 cm³/mol. The molecule has 0 aromatic heterocycles. The number of anilines is 3. The third-order valence-electron chi connectivity index (χ3n) is 8.50. The summed E-state index contributed by atoms with van der Waals surface area (Å²) < 4.78 is 19.3. The largest absolute Gasteiger partial charge is 0.458 e. The molecule has 0 unspecified atom stereocenters. The first-order valence-electron chi connectivity index (χ1n) is 14.2. The maximum absolute atomic E-state index is 6.54. The molecule has 0 bridgehead atoms. The van der Waals surface area contributed by atoms with Gasteiger partial charge in [-0.2, -0.15) is 0 Å². The molecule has 4 nitrogen and oxygen atoms in total. The van der Waals surface area contributed by atoms with Crippen LogP contribution in [0.1, 0.15) is 5.56 Å². The minimum atomic E-state index is 0.0730. The van der Waals surface area contributed by atoms with Crippen molar-refractivity contribution in [2.24, 2.45) is 0 Å². The van der Waals surface area contributed by atoms with Crippen LogP contribution in [0.2, 0.25) is 0 Å². The third-order valence-corrected chi connectivity index (χ3v) is 8.50. The molecule has 6 aromatic rings. The number of ether oxygens (including phenoxy) is 3. The summed E-state index contributed by atoms with van der Waals surface area (Å²) in [5, 5.41) is 0. The minimum Gasteiger partial charge on any atom is -0.458 e. The van der Waals surface area contributed by atoms with Crippen LogP contribution in [-0.2, 0) is 0 Å². The Labute approximate surface area is 244 Å². The average Bonchev–Trinajstić information content (AvgIpc) is 3.03. The summed E-state index contributed by atoms with van der Waals surface area (Å²) in [6, 6.07) is 44.0. The fourth-order valence-corrected chi connectivity index (χ4v) is 6.64. The summed E-state index contributed by atoms with van der Waals surface area (Å²) in [4.78, 5) is 2.27. The number of hydrogen-bond acceptors (Lipinski definition) is 4. The van der Waals surface area contributed by atoms with Crippen molar-refractivity contribution in [2.75, 3.05) is 4.90 Å². The molecule has 0 aliphatic carbocycles. The Morgan fingerprint density at radius 2 is 1.00 bits per heavy atom. The van der Waals surface area contributed by atoms with Gasteiger partial charge in [0.25, 0.3) is 6.71 Å². The molecule has 9 rings (SSSR count). The van der Waals surface area contributed by atoms with Crippen LogP contribution in [0.15, 0.2) is 127 Å². The number of rotatable bonds is 2. The highest BCUT2D eigenvalue weighted by Crippen LogP contribution is 2.50. The molecule has 0 amide bonds. The fraction of sp³-hybridized carbons (Fsp3) is 0.0270. The molecule has 0 spiro atoms. The van der Waals surface area contributed by atoms with Crippen LogP contribution in [0.4, 0.5) is 17.1 Å². The molecule has 3 aliphatic rings. The van der Waals surface area contributed by atoms with Crippen molar-refractivity contribution in [1.29, 1.82) is 0 Å². The second-order valence-electron chi connectivity index (χ2n) is 11.0. The predicted octanol–water partition coefficient (Wildman–Crippen LogP) is 7.97. The summed E-state index contributed by atoms with van der Waals surface area (Å²) in [5.41, 5.74) is 9.90. The lowest BCUT2D eigenvalue weighted by Gasteiger charge is -2.34. The van der Waals surface area contributed by atoms with Crippen LogP contribution in [0.25, 0.3) is 11.1 Å². The van der Waals surface area contributed by atoms with Crippen LogP contribution in [0, 0.1) is 6.92 Å². The van der Waals surface area contributed by atoms with E-state index in [4.69, 9.17) is 14.2 Å². The van der Waals surface area contributed by atoms with E-state index < -0.39 is 0 Å². The SMILES string of the molecule is Cc1cc(N2c3ccccc3Oc3ccccc32)ccc1-c1cc2c3c(c1)Oc1ccccc1B3c1ccccc1O2. The lowest BCUT2D eigenvalue weighted by molar-refractivity contribution is 0.465. The van der Waals surface area contributed by atoms with Crippen molar-refractivity contribution < 1.29 is 14.2 Å². The van der Waals surface area contributed by atoms with Crippen molar-refractivity contribution in [3.05, 3.63) is 133 Å². The first kappa shape index (κ1) is 23.3. The van der Waals surface area contributed by atoms with Crippen molar-refractivity contribution in [2.45, 2.75) is 6.92 Å². The Morgan fingerprint density at radius 1 is 0.500 bits per heavy atom. The van der Waals surface area contributed by atoms with Gasteiger partial charge in [0.1, 0.15) is 23.0 Å². The van der Waals surface area contributed by atoms with Gasteiger partial charge in [-0.3, -0.25) is 0 Å². The summed E-state index contributed by atoms with van der Waals surface area (Å²) in [6.45, 7) is 2.24. The molecule has 0 radical (unpaired) electrons. The van der Waals surface area contributed by atoms with Crippen molar-refractivity contribution in [1.82, 2.24) is 0 Å². The molecule has 3 heterocycles. The molecule has 5 heteroatoms. The third kappa shape index (κ3) is 3.37. The lowest BCUT2D eigenvalue weighted by Crippen LogP contribution is -2.57. The van der Waals surface area contributed by atoms with E-state index in [1.54, 1.807) is 0 Å². The van der Waals surface area contributed by atoms with E-state index in [-0.39, 0.29) is 6.71 Å². The van der Waals surface area contributed by atoms with E-state index in [0.717, 1.165) is 73.7 Å². The quantitative estimate of drug-likeness (QED) is 0.208. The van der Waals surface area contributed by atoms with Crippen LogP contribution < -0.4 is 35.5 Å². The number of aryl methyl sites for hydroxylation is 1. The van der Waals surface area contributed by atoms with Gasteiger partial charge < -0.3 is 19.1 Å². The van der Waals surface area contributed by atoms with Gasteiger partial charge in [-0.1, -0.05) is 66.7 Å². The summed E-state index contributed by atoms with van der Waals surface area (Å²) >= 11 is 0. The van der Waals surface area contributed by atoms with Crippen LogP contribution in [-0.4, -0.2) is 6.71 Å². The van der Waals surface area contributed by atoms with Gasteiger partial charge in [-0.15, -0.1) is 0 Å². The van der Waals surface area contributed by atoms with E-state index in [0.29, 0.717) is 0 Å². The zero-order chi connectivity index (χ0) is 27.8. The van der Waals surface area contributed by atoms with E-state index in [1.807, 2.05) is 48.5 Å². The Morgan fingerprint density at radius 3 is 1.57 bits per heavy atom. The number of para-hydroxylation sites is 6. The van der Waals surface area contributed by atoms with Crippen LogP contribution >= 0.6 is 0 Å². The summed E-state index contributed by atoms with van der Waals surface area (Å²) in [7, 11) is 0. The van der Waals surface area contributed by atoms with Gasteiger partial charge in [0.15, 0.2) is 11.5 Å². The molecule has 0 N–H and O–H groups in total. The van der Waals surface area contributed by atoms with E-state index in [9.17, 15) is 0 Å². The number of fused-ring (bicyclic) bond motifs is 6. The maximum atomic E-state index is 6.54. The molecule has 0 atom stereocenters. The topological polar surface area (TPSA) is 30.9 Å². The molecule has 0 fully saturated rings. The van der Waals surface area contributed by atoms with E-state index in [1.165, 1.54) is 10.9 Å². The second kappa shape index (κ2) is 8.79. The molecular formula is C37H24BNO3. The van der Waals surface area contributed by atoms with E-state index >= 15 is 0 Å². The Bertz CT molecular complexity index is 1950. The number of nitrogens with zero attached hydrogens (tertiary/aromatic N) is 1. The molecule has 198 valence electrons. The van der Waals surface area contributed by atoms with Crippen LogP contribution in [0.5, 0.6) is 34.5 Å². The number of hydrogen-bond donors (Lipinski definition) is 0. The van der Waals surface area contributed by atoms with Gasteiger partial charge in [0, 0.05) is 11.2 Å². The molecule has 0 saturated carbocycles. The lowest BCUT2D eigenvalue weighted by atomic mass is 9.35. The van der Waals surface area contributed by atoms with Crippen molar-refractivity contribution in [3.63, 3.8) is 0 Å². The highest BCUT2D eigenvalue weighted by atomic mass is 16.5. The Balaban J connectivity index is 1.17. The first-order chi connectivity index (χ1) is 20.7. The highest BCUT2D eigenvalue weighted by Gasteiger charge is 2.40. The first-order valence-corrected chi connectivity index (χ1v) is 14.2. The zero-order valence-electron chi connectivity index (χ0n) is 22.9.